The van der Waals surface area contributed by atoms with Crippen LogP contribution in [0.3, 0.4) is 0 Å². The molecule has 1 fully saturated rings. The van der Waals surface area contributed by atoms with Gasteiger partial charge in [-0.25, -0.2) is 0 Å². The Morgan fingerprint density at radius 2 is 1.71 bits per heavy atom. The van der Waals surface area contributed by atoms with Crippen LogP contribution in [0.15, 0.2) is 53.1 Å². The fraction of sp³-hybridized carbons (Fsp3) is 0.429. The van der Waals surface area contributed by atoms with E-state index in [9.17, 15) is 4.79 Å². The van der Waals surface area contributed by atoms with E-state index >= 15 is 0 Å². The van der Waals surface area contributed by atoms with Crippen molar-refractivity contribution in [3.8, 4) is 22.8 Å². The van der Waals surface area contributed by atoms with Gasteiger partial charge in [0, 0.05) is 18.2 Å². The number of likely N-dealkylation sites (tertiary alicyclic amines) is 1. The Morgan fingerprint density at radius 1 is 1.00 bits per heavy atom. The van der Waals surface area contributed by atoms with Gasteiger partial charge in [-0.3, -0.25) is 9.69 Å². The minimum absolute atomic E-state index is 0.109. The molecule has 1 atom stereocenters. The van der Waals surface area contributed by atoms with Crippen molar-refractivity contribution in [3.05, 3.63) is 65.4 Å². The summed E-state index contributed by atoms with van der Waals surface area (Å²) in [7, 11) is 0. The van der Waals surface area contributed by atoms with Crippen molar-refractivity contribution in [2.24, 2.45) is 0 Å². The maximum absolute atomic E-state index is 13.0. The summed E-state index contributed by atoms with van der Waals surface area (Å²) < 4.78 is 16.7. The zero-order valence-electron chi connectivity index (χ0n) is 20.7. The van der Waals surface area contributed by atoms with E-state index in [4.69, 9.17) is 14.0 Å². The van der Waals surface area contributed by atoms with Gasteiger partial charge < -0.3 is 19.3 Å². The van der Waals surface area contributed by atoms with Crippen molar-refractivity contribution in [3.63, 3.8) is 0 Å². The van der Waals surface area contributed by atoms with Crippen LogP contribution in [0.5, 0.6) is 11.5 Å². The minimum atomic E-state index is -0.243. The second-order valence-electron chi connectivity index (χ2n) is 10.3. The molecule has 1 N–H and O–H groups in total. The van der Waals surface area contributed by atoms with Crippen LogP contribution >= 0.6 is 0 Å². The van der Waals surface area contributed by atoms with Crippen LogP contribution in [0, 0.1) is 0 Å². The van der Waals surface area contributed by atoms with Crippen LogP contribution in [0.1, 0.15) is 61.3 Å². The van der Waals surface area contributed by atoms with E-state index in [1.54, 1.807) is 6.07 Å². The zero-order chi connectivity index (χ0) is 24.4. The van der Waals surface area contributed by atoms with E-state index < -0.39 is 0 Å². The van der Waals surface area contributed by atoms with Gasteiger partial charge in [-0.15, -0.1) is 0 Å². The standard InChI is InChI=1S/C28H33N3O4/c1-28(2,3)21-9-6-19(7-10-21)23(31-12-4-5-13-31)18-29-27(32)22-17-25(35-30-22)20-8-11-24-26(16-20)34-15-14-33-24/h6-11,16-17,23H,4-5,12-15,18H2,1-3H3,(H,29,32)/t23-/m1/s1. The zero-order valence-corrected chi connectivity index (χ0v) is 20.7. The molecule has 2 aliphatic rings. The Bertz CT molecular complexity index is 1170. The molecule has 0 aliphatic carbocycles. The molecule has 1 aromatic heterocycles. The molecule has 5 rings (SSSR count). The first kappa shape index (κ1) is 23.4. The number of amides is 1. The summed E-state index contributed by atoms with van der Waals surface area (Å²) in [4.78, 5) is 15.4. The second-order valence-corrected chi connectivity index (χ2v) is 10.3. The van der Waals surface area contributed by atoms with Crippen molar-refractivity contribution < 1.29 is 18.8 Å². The number of nitrogens with zero attached hydrogens (tertiary/aromatic N) is 2. The molecule has 184 valence electrons. The molecular weight excluding hydrogens is 442 g/mol. The number of carbonyl (C=O) groups is 1. The smallest absolute Gasteiger partial charge is 0.273 e. The van der Waals surface area contributed by atoms with Crippen molar-refractivity contribution in [1.82, 2.24) is 15.4 Å². The van der Waals surface area contributed by atoms with E-state index in [0.717, 1.165) is 18.7 Å². The van der Waals surface area contributed by atoms with Crippen LogP contribution < -0.4 is 14.8 Å². The Kier molecular flexibility index (Phi) is 6.52. The summed E-state index contributed by atoms with van der Waals surface area (Å²) in [6.45, 7) is 10.3. The van der Waals surface area contributed by atoms with E-state index in [0.29, 0.717) is 37.0 Å². The largest absolute Gasteiger partial charge is 0.486 e. The molecule has 35 heavy (non-hydrogen) atoms. The van der Waals surface area contributed by atoms with Gasteiger partial charge in [0.2, 0.25) is 0 Å². The topological polar surface area (TPSA) is 76.8 Å². The molecule has 7 nitrogen and oxygen atoms in total. The molecule has 7 heteroatoms. The van der Waals surface area contributed by atoms with Crippen LogP contribution in [0.25, 0.3) is 11.3 Å². The maximum atomic E-state index is 13.0. The molecule has 1 amide bonds. The molecule has 0 saturated carbocycles. The molecule has 0 spiro atoms. The van der Waals surface area contributed by atoms with E-state index in [1.807, 2.05) is 18.2 Å². The number of benzene rings is 2. The lowest BCUT2D eigenvalue weighted by atomic mass is 9.86. The first-order valence-electron chi connectivity index (χ1n) is 12.4. The SMILES string of the molecule is CC(C)(C)c1ccc([C@@H](CNC(=O)c2cc(-c3ccc4c(c3)OCCO4)on2)N2CCCC2)cc1. The van der Waals surface area contributed by atoms with E-state index in [-0.39, 0.29) is 23.1 Å². The summed E-state index contributed by atoms with van der Waals surface area (Å²) >= 11 is 0. The monoisotopic (exact) mass is 475 g/mol. The summed E-state index contributed by atoms with van der Waals surface area (Å²) in [5, 5.41) is 7.10. The summed E-state index contributed by atoms with van der Waals surface area (Å²) in [6, 6.07) is 16.2. The maximum Gasteiger partial charge on any atom is 0.273 e. The summed E-state index contributed by atoms with van der Waals surface area (Å²) in [5.74, 6) is 1.65. The predicted octanol–water partition coefficient (Wildman–Crippen LogP) is 4.98. The number of hydrogen-bond donors (Lipinski definition) is 1. The fourth-order valence-corrected chi connectivity index (χ4v) is 4.71. The van der Waals surface area contributed by atoms with Crippen molar-refractivity contribution >= 4 is 5.91 Å². The van der Waals surface area contributed by atoms with Crippen molar-refractivity contribution in [1.29, 1.82) is 0 Å². The first-order chi connectivity index (χ1) is 16.9. The highest BCUT2D eigenvalue weighted by Crippen LogP contribution is 2.35. The molecule has 2 aromatic carbocycles. The Hall–Kier alpha value is -3.32. The quantitative estimate of drug-likeness (QED) is 0.542. The molecule has 0 bridgehead atoms. The van der Waals surface area contributed by atoms with Gasteiger partial charge in [0.05, 0.1) is 6.04 Å². The van der Waals surface area contributed by atoms with Gasteiger partial charge >= 0.3 is 0 Å². The van der Waals surface area contributed by atoms with Gasteiger partial charge in [-0.2, -0.15) is 0 Å². The minimum Gasteiger partial charge on any atom is -0.486 e. The number of carbonyl (C=O) groups excluding carboxylic acids is 1. The predicted molar refractivity (Wildman–Crippen MR) is 134 cm³/mol. The number of nitrogens with one attached hydrogen (secondary N) is 1. The highest BCUT2D eigenvalue weighted by atomic mass is 16.6. The van der Waals surface area contributed by atoms with Gasteiger partial charge in [0.25, 0.3) is 5.91 Å². The van der Waals surface area contributed by atoms with E-state index in [2.05, 4.69) is 60.4 Å². The normalized spacial score (nSPS) is 16.8. The molecule has 0 unspecified atom stereocenters. The summed E-state index contributed by atoms with van der Waals surface area (Å²) in [6.07, 6.45) is 2.37. The number of rotatable bonds is 6. The number of hydrogen-bond acceptors (Lipinski definition) is 6. The lowest BCUT2D eigenvalue weighted by Gasteiger charge is -2.29. The molecule has 2 aliphatic heterocycles. The molecular formula is C28H33N3O4. The third-order valence-electron chi connectivity index (χ3n) is 6.77. The lowest BCUT2D eigenvalue weighted by Crippen LogP contribution is -2.37. The van der Waals surface area contributed by atoms with Gasteiger partial charge in [-0.1, -0.05) is 50.2 Å². The van der Waals surface area contributed by atoms with Crippen molar-refractivity contribution in [2.75, 3.05) is 32.8 Å². The average molecular weight is 476 g/mol. The fourth-order valence-electron chi connectivity index (χ4n) is 4.71. The first-order valence-corrected chi connectivity index (χ1v) is 12.4. The second kappa shape index (κ2) is 9.74. The number of aromatic nitrogens is 1. The lowest BCUT2D eigenvalue weighted by molar-refractivity contribution is 0.0929. The molecule has 3 aromatic rings. The Labute approximate surface area is 206 Å². The van der Waals surface area contributed by atoms with Crippen LogP contribution in [0.4, 0.5) is 0 Å². The number of ether oxygens (including phenoxy) is 2. The van der Waals surface area contributed by atoms with E-state index in [1.165, 1.54) is 24.0 Å². The van der Waals surface area contributed by atoms with Crippen LogP contribution in [-0.4, -0.2) is 48.8 Å². The third-order valence-corrected chi connectivity index (χ3v) is 6.77. The third kappa shape index (κ3) is 5.20. The van der Waals surface area contributed by atoms with Gasteiger partial charge in [0.15, 0.2) is 23.0 Å². The highest BCUT2D eigenvalue weighted by Gasteiger charge is 2.25. The number of fused-ring (bicyclic) bond motifs is 1. The molecule has 3 heterocycles. The highest BCUT2D eigenvalue weighted by molar-refractivity contribution is 5.93. The van der Waals surface area contributed by atoms with Gasteiger partial charge in [-0.05, 0) is 60.7 Å². The summed E-state index contributed by atoms with van der Waals surface area (Å²) in [5.41, 5.74) is 3.68. The Balaban J connectivity index is 1.28. The molecule has 1 saturated heterocycles. The molecule has 0 radical (unpaired) electrons. The van der Waals surface area contributed by atoms with Crippen LogP contribution in [-0.2, 0) is 5.41 Å². The van der Waals surface area contributed by atoms with Crippen LogP contribution in [0.2, 0.25) is 0 Å². The average Bonchev–Trinajstić information content (AvgIpc) is 3.57. The van der Waals surface area contributed by atoms with Gasteiger partial charge in [0.1, 0.15) is 13.2 Å². The Morgan fingerprint density at radius 3 is 2.43 bits per heavy atom. The van der Waals surface area contributed by atoms with Crippen molar-refractivity contribution in [2.45, 2.75) is 45.1 Å².